The molecule has 6 nitrogen and oxygen atoms in total. The Bertz CT molecular complexity index is 731. The van der Waals surface area contributed by atoms with Crippen LogP contribution < -0.4 is 10.6 Å². The highest BCUT2D eigenvalue weighted by molar-refractivity contribution is 7.22. The van der Waals surface area contributed by atoms with E-state index in [0.717, 1.165) is 28.9 Å². The van der Waals surface area contributed by atoms with E-state index in [0.29, 0.717) is 17.0 Å². The van der Waals surface area contributed by atoms with Crippen molar-refractivity contribution in [3.63, 3.8) is 0 Å². The number of thiazole rings is 1. The second kappa shape index (κ2) is 5.09. The lowest BCUT2D eigenvalue weighted by atomic mass is 10.2. The van der Waals surface area contributed by atoms with Gasteiger partial charge in [0.05, 0.1) is 10.2 Å². The number of anilines is 2. The molecule has 0 aliphatic rings. The van der Waals surface area contributed by atoms with Crippen LogP contribution in [0.5, 0.6) is 0 Å². The van der Waals surface area contributed by atoms with E-state index in [9.17, 15) is 0 Å². The van der Waals surface area contributed by atoms with Crippen molar-refractivity contribution < 1.29 is 4.52 Å². The molecule has 0 saturated carbocycles. The number of hydrogen-bond donors (Lipinski definition) is 1. The third-order valence-corrected chi connectivity index (χ3v) is 3.96. The summed E-state index contributed by atoms with van der Waals surface area (Å²) in [6, 6.07) is 5.81. The summed E-state index contributed by atoms with van der Waals surface area (Å²) in [5.74, 6) is 1.13. The number of fused-ring (bicyclic) bond motifs is 1. The summed E-state index contributed by atoms with van der Waals surface area (Å²) >= 11 is 1.45. The van der Waals surface area contributed by atoms with E-state index < -0.39 is 0 Å². The molecule has 104 valence electrons. The predicted octanol–water partition coefficient (Wildman–Crippen LogP) is 2.77. The van der Waals surface area contributed by atoms with E-state index in [-0.39, 0.29) is 0 Å². The van der Waals surface area contributed by atoms with Gasteiger partial charge in [-0.25, -0.2) is 4.98 Å². The van der Waals surface area contributed by atoms with Gasteiger partial charge in [-0.1, -0.05) is 11.3 Å². The van der Waals surface area contributed by atoms with Crippen LogP contribution in [0.15, 0.2) is 22.7 Å². The molecule has 0 unspecified atom stereocenters. The van der Waals surface area contributed by atoms with Crippen LogP contribution in [0, 0.1) is 0 Å². The van der Waals surface area contributed by atoms with Gasteiger partial charge < -0.3 is 15.2 Å². The van der Waals surface area contributed by atoms with E-state index in [1.807, 2.05) is 23.1 Å². The first-order valence-corrected chi connectivity index (χ1v) is 7.28. The predicted molar refractivity (Wildman–Crippen MR) is 80.9 cm³/mol. The van der Waals surface area contributed by atoms with Gasteiger partial charge in [0.15, 0.2) is 5.13 Å². The number of nitrogen functional groups attached to an aromatic ring is 1. The highest BCUT2D eigenvalue weighted by Crippen LogP contribution is 2.29. The molecule has 2 N–H and O–H groups in total. The minimum atomic E-state index is 0.515. The van der Waals surface area contributed by atoms with Crippen LogP contribution in [0.4, 0.5) is 11.1 Å². The molecule has 0 amide bonds. The Morgan fingerprint density at radius 3 is 2.80 bits per heavy atom. The maximum atomic E-state index is 5.71. The summed E-state index contributed by atoms with van der Waals surface area (Å²) in [6.07, 6.45) is 0. The molecule has 0 bridgehead atoms. The number of hydrogen-bond acceptors (Lipinski definition) is 7. The molecule has 0 aliphatic carbocycles. The van der Waals surface area contributed by atoms with E-state index >= 15 is 0 Å². The summed E-state index contributed by atoms with van der Waals surface area (Å²) < 4.78 is 6.36. The summed E-state index contributed by atoms with van der Waals surface area (Å²) in [5.41, 5.74) is 7.48. The van der Waals surface area contributed by atoms with E-state index in [1.165, 1.54) is 11.3 Å². The molecule has 0 spiro atoms. The lowest BCUT2D eigenvalue weighted by Crippen LogP contribution is -2.22. The highest BCUT2D eigenvalue weighted by Gasteiger charge is 2.13. The molecule has 0 saturated heterocycles. The smallest absolute Gasteiger partial charge is 0.266 e. The van der Waals surface area contributed by atoms with Crippen LogP contribution in [-0.2, 0) is 0 Å². The third kappa shape index (κ3) is 2.20. The highest BCUT2D eigenvalue weighted by atomic mass is 32.1. The molecular weight excluding hydrogens is 274 g/mol. The summed E-state index contributed by atoms with van der Waals surface area (Å²) in [4.78, 5) is 10.7. The Balaban J connectivity index is 1.98. The Labute approximate surface area is 120 Å². The van der Waals surface area contributed by atoms with Gasteiger partial charge in [-0.2, -0.15) is 4.98 Å². The lowest BCUT2D eigenvalue weighted by molar-refractivity contribution is 0.429. The molecule has 20 heavy (non-hydrogen) atoms. The van der Waals surface area contributed by atoms with Gasteiger partial charge in [0.1, 0.15) is 0 Å². The molecule has 2 aromatic heterocycles. The normalized spacial score (nSPS) is 11.1. The van der Waals surface area contributed by atoms with Crippen LogP contribution in [0.2, 0.25) is 0 Å². The molecule has 0 aliphatic heterocycles. The first-order valence-electron chi connectivity index (χ1n) is 6.46. The van der Waals surface area contributed by atoms with Gasteiger partial charge in [0, 0.05) is 18.7 Å². The zero-order chi connectivity index (χ0) is 14.1. The molecule has 1 aromatic carbocycles. The van der Waals surface area contributed by atoms with Gasteiger partial charge in [-0.3, -0.25) is 0 Å². The van der Waals surface area contributed by atoms with Crippen molar-refractivity contribution in [2.75, 3.05) is 23.7 Å². The quantitative estimate of drug-likeness (QED) is 0.795. The molecule has 2 heterocycles. The number of nitrogens with zero attached hydrogens (tertiary/aromatic N) is 4. The first-order chi connectivity index (χ1) is 9.71. The lowest BCUT2D eigenvalue weighted by Gasteiger charge is -2.14. The average molecular weight is 289 g/mol. The van der Waals surface area contributed by atoms with Crippen LogP contribution >= 0.6 is 11.3 Å². The standard InChI is InChI=1S/C13H15N5OS/c1-3-18(4-2)13-16-11(19-17-13)8-5-6-9-10(7-8)20-12(14)15-9/h5-7H,3-4H2,1-2H3,(H2,14,15). The topological polar surface area (TPSA) is 81.1 Å². The summed E-state index contributed by atoms with van der Waals surface area (Å²) in [6.45, 7) is 5.82. The minimum absolute atomic E-state index is 0.515. The third-order valence-electron chi connectivity index (χ3n) is 3.11. The van der Waals surface area contributed by atoms with Gasteiger partial charge >= 0.3 is 0 Å². The largest absolute Gasteiger partial charge is 0.375 e. The molecule has 0 fully saturated rings. The molecule has 0 atom stereocenters. The van der Waals surface area contributed by atoms with Crippen molar-refractivity contribution >= 4 is 32.6 Å². The van der Waals surface area contributed by atoms with Crippen molar-refractivity contribution in [3.8, 4) is 11.5 Å². The van der Waals surface area contributed by atoms with Crippen molar-refractivity contribution in [2.45, 2.75) is 13.8 Å². The average Bonchev–Trinajstić information content (AvgIpc) is 3.05. The fourth-order valence-corrected chi connectivity index (χ4v) is 2.82. The van der Waals surface area contributed by atoms with Crippen molar-refractivity contribution in [1.29, 1.82) is 0 Å². The fraction of sp³-hybridized carbons (Fsp3) is 0.308. The molecular formula is C13H15N5OS. The first kappa shape index (κ1) is 12.9. The van der Waals surface area contributed by atoms with Gasteiger partial charge in [-0.05, 0) is 37.2 Å². The number of aromatic nitrogens is 3. The second-order valence-corrected chi connectivity index (χ2v) is 5.37. The molecule has 3 rings (SSSR count). The summed E-state index contributed by atoms with van der Waals surface area (Å²) in [5, 5.41) is 4.58. The van der Waals surface area contributed by atoms with E-state index in [2.05, 4.69) is 29.0 Å². The van der Waals surface area contributed by atoms with Crippen molar-refractivity contribution in [3.05, 3.63) is 18.2 Å². The van der Waals surface area contributed by atoms with Gasteiger partial charge in [0.2, 0.25) is 0 Å². The Kier molecular flexibility index (Phi) is 3.27. The minimum Gasteiger partial charge on any atom is -0.375 e. The van der Waals surface area contributed by atoms with E-state index in [1.54, 1.807) is 0 Å². The maximum absolute atomic E-state index is 5.71. The van der Waals surface area contributed by atoms with Crippen LogP contribution in [0.25, 0.3) is 21.7 Å². The summed E-state index contributed by atoms with van der Waals surface area (Å²) in [7, 11) is 0. The van der Waals surface area contributed by atoms with Crippen molar-refractivity contribution in [2.24, 2.45) is 0 Å². The fourth-order valence-electron chi connectivity index (χ4n) is 2.04. The van der Waals surface area contributed by atoms with Crippen LogP contribution in [0.1, 0.15) is 13.8 Å². The maximum Gasteiger partial charge on any atom is 0.266 e. The van der Waals surface area contributed by atoms with Gasteiger partial charge in [0.25, 0.3) is 11.8 Å². The van der Waals surface area contributed by atoms with Crippen molar-refractivity contribution in [1.82, 2.24) is 15.1 Å². The Morgan fingerprint density at radius 2 is 2.05 bits per heavy atom. The zero-order valence-corrected chi connectivity index (χ0v) is 12.1. The SMILES string of the molecule is CCN(CC)c1noc(-c2ccc3nc(N)sc3c2)n1. The number of benzene rings is 1. The molecule has 0 radical (unpaired) electrons. The Hall–Kier alpha value is -2.15. The monoisotopic (exact) mass is 289 g/mol. The van der Waals surface area contributed by atoms with Gasteiger partial charge in [-0.15, -0.1) is 0 Å². The second-order valence-electron chi connectivity index (χ2n) is 4.31. The zero-order valence-electron chi connectivity index (χ0n) is 11.3. The van der Waals surface area contributed by atoms with E-state index in [4.69, 9.17) is 10.3 Å². The number of rotatable bonds is 4. The molecule has 7 heteroatoms. The Morgan fingerprint density at radius 1 is 1.25 bits per heavy atom. The van der Waals surface area contributed by atoms with Crippen LogP contribution in [0.3, 0.4) is 0 Å². The molecule has 3 aromatic rings. The number of nitrogens with two attached hydrogens (primary N) is 1. The van der Waals surface area contributed by atoms with Crippen LogP contribution in [-0.4, -0.2) is 28.2 Å².